The van der Waals surface area contributed by atoms with E-state index in [2.05, 4.69) is 36.5 Å². The number of aromatic nitrogens is 6. The molecule has 0 aliphatic rings. The highest BCUT2D eigenvalue weighted by Crippen LogP contribution is 2.20. The van der Waals surface area contributed by atoms with Gasteiger partial charge in [-0.15, -0.1) is 5.10 Å². The Bertz CT molecular complexity index is 1130. The molecule has 1 amide bonds. The number of nitrogens with zero attached hydrogens (tertiary/aromatic N) is 6. The molecule has 0 aliphatic heterocycles. The van der Waals surface area contributed by atoms with Gasteiger partial charge in [0.25, 0.3) is 5.91 Å². The van der Waals surface area contributed by atoms with Gasteiger partial charge in [-0.3, -0.25) is 4.79 Å². The van der Waals surface area contributed by atoms with E-state index >= 15 is 0 Å². The van der Waals surface area contributed by atoms with Crippen molar-refractivity contribution < 1.29 is 4.79 Å². The Kier molecular flexibility index (Phi) is 5.33. The molecule has 0 radical (unpaired) electrons. The van der Waals surface area contributed by atoms with Crippen molar-refractivity contribution in [3.63, 3.8) is 0 Å². The molecular formula is C21H23N7O. The van der Waals surface area contributed by atoms with Gasteiger partial charge >= 0.3 is 0 Å². The zero-order valence-electron chi connectivity index (χ0n) is 16.5. The third kappa shape index (κ3) is 4.01. The Labute approximate surface area is 168 Å². The second-order valence-electron chi connectivity index (χ2n) is 7.16. The van der Waals surface area contributed by atoms with Crippen LogP contribution in [0.25, 0.3) is 22.4 Å². The van der Waals surface area contributed by atoms with E-state index in [0.717, 1.165) is 29.6 Å². The van der Waals surface area contributed by atoms with Gasteiger partial charge in [0, 0.05) is 24.2 Å². The van der Waals surface area contributed by atoms with Crippen LogP contribution >= 0.6 is 0 Å². The Morgan fingerprint density at radius 2 is 2.00 bits per heavy atom. The number of imidazole rings is 1. The zero-order chi connectivity index (χ0) is 20.2. The standard InChI is InChI=1S/C21H23N7O/c1-15(2)28-20(24-25-26-28)16-7-5-8-17(13-16)21(29)22-11-6-12-27-14-23-18-9-3-4-10-19(18)27/h3-5,7-10,13-15H,6,11-12H2,1-2H3,(H,22,29). The maximum atomic E-state index is 12.6. The molecule has 8 heteroatoms. The van der Waals surface area contributed by atoms with Crippen LogP contribution in [0, 0.1) is 0 Å². The van der Waals surface area contributed by atoms with Crippen molar-refractivity contribution in [2.45, 2.75) is 32.9 Å². The largest absolute Gasteiger partial charge is 0.352 e. The van der Waals surface area contributed by atoms with Crippen LogP contribution < -0.4 is 5.32 Å². The average Bonchev–Trinajstić information content (AvgIpc) is 3.39. The number of hydrogen-bond donors (Lipinski definition) is 1. The Hall–Kier alpha value is -3.55. The number of hydrogen-bond acceptors (Lipinski definition) is 5. The summed E-state index contributed by atoms with van der Waals surface area (Å²) in [5.74, 6) is 0.549. The van der Waals surface area contributed by atoms with Crippen molar-refractivity contribution in [3.05, 3.63) is 60.4 Å². The van der Waals surface area contributed by atoms with E-state index in [-0.39, 0.29) is 11.9 Å². The number of carbonyl (C=O) groups excluding carboxylic acids is 1. The molecule has 2 heterocycles. The van der Waals surface area contributed by atoms with Gasteiger partial charge in [0.15, 0.2) is 5.82 Å². The molecule has 0 aliphatic carbocycles. The third-order valence-electron chi connectivity index (χ3n) is 4.75. The fourth-order valence-electron chi connectivity index (χ4n) is 3.27. The second kappa shape index (κ2) is 8.22. The smallest absolute Gasteiger partial charge is 0.251 e. The van der Waals surface area contributed by atoms with Crippen LogP contribution in [-0.2, 0) is 6.54 Å². The number of carbonyl (C=O) groups is 1. The predicted molar refractivity (Wildman–Crippen MR) is 110 cm³/mol. The quantitative estimate of drug-likeness (QED) is 0.491. The molecule has 1 N–H and O–H groups in total. The Morgan fingerprint density at radius 3 is 2.86 bits per heavy atom. The van der Waals surface area contributed by atoms with E-state index < -0.39 is 0 Å². The summed E-state index contributed by atoms with van der Waals surface area (Å²) < 4.78 is 3.85. The second-order valence-corrected chi connectivity index (χ2v) is 7.16. The molecule has 4 rings (SSSR count). The van der Waals surface area contributed by atoms with E-state index in [4.69, 9.17) is 0 Å². The number of aryl methyl sites for hydroxylation is 1. The molecule has 8 nitrogen and oxygen atoms in total. The van der Waals surface area contributed by atoms with Crippen molar-refractivity contribution in [2.24, 2.45) is 0 Å². The average molecular weight is 389 g/mol. The van der Waals surface area contributed by atoms with Crippen LogP contribution in [0.5, 0.6) is 0 Å². The molecule has 0 saturated heterocycles. The molecule has 148 valence electrons. The van der Waals surface area contributed by atoms with E-state index in [1.165, 1.54) is 0 Å². The summed E-state index contributed by atoms with van der Waals surface area (Å²) in [5, 5.41) is 14.9. The molecule has 0 saturated carbocycles. The molecule has 0 bridgehead atoms. The van der Waals surface area contributed by atoms with Crippen LogP contribution in [-0.4, -0.2) is 42.2 Å². The third-order valence-corrected chi connectivity index (χ3v) is 4.75. The summed E-state index contributed by atoms with van der Waals surface area (Å²) in [6, 6.07) is 15.5. The van der Waals surface area contributed by atoms with Gasteiger partial charge in [0.2, 0.25) is 0 Å². The van der Waals surface area contributed by atoms with Crippen molar-refractivity contribution in [2.75, 3.05) is 6.54 Å². The lowest BCUT2D eigenvalue weighted by molar-refractivity contribution is 0.0953. The zero-order valence-corrected chi connectivity index (χ0v) is 16.5. The summed E-state index contributed by atoms with van der Waals surface area (Å²) in [7, 11) is 0. The molecule has 0 fully saturated rings. The maximum absolute atomic E-state index is 12.6. The normalized spacial score (nSPS) is 11.3. The number of para-hydroxylation sites is 2. The first-order chi connectivity index (χ1) is 14.1. The Morgan fingerprint density at radius 1 is 1.14 bits per heavy atom. The summed E-state index contributed by atoms with van der Waals surface area (Å²) >= 11 is 0. The highest BCUT2D eigenvalue weighted by Gasteiger charge is 2.13. The van der Waals surface area contributed by atoms with Gasteiger partial charge in [-0.25, -0.2) is 9.67 Å². The lowest BCUT2D eigenvalue weighted by Crippen LogP contribution is -2.25. The Balaban J connectivity index is 1.37. The maximum Gasteiger partial charge on any atom is 0.251 e. The monoisotopic (exact) mass is 389 g/mol. The molecule has 29 heavy (non-hydrogen) atoms. The first-order valence-electron chi connectivity index (χ1n) is 9.70. The SMILES string of the molecule is CC(C)n1nnnc1-c1cccc(C(=O)NCCCn2cnc3ccccc32)c1. The highest BCUT2D eigenvalue weighted by atomic mass is 16.1. The summed E-state index contributed by atoms with van der Waals surface area (Å²) in [6.07, 6.45) is 2.66. The van der Waals surface area contributed by atoms with E-state index in [0.29, 0.717) is 17.9 Å². The number of rotatable bonds is 7. The van der Waals surface area contributed by atoms with Gasteiger partial charge in [0.05, 0.1) is 23.4 Å². The van der Waals surface area contributed by atoms with Crippen molar-refractivity contribution in [1.29, 1.82) is 0 Å². The number of tetrazole rings is 1. The predicted octanol–water partition coefficient (Wildman–Crippen LogP) is 3.09. The van der Waals surface area contributed by atoms with Crippen LogP contribution in [0.15, 0.2) is 54.9 Å². The van der Waals surface area contributed by atoms with E-state index in [9.17, 15) is 4.79 Å². The minimum absolute atomic E-state index is 0.106. The van der Waals surface area contributed by atoms with Gasteiger partial charge in [0.1, 0.15) is 0 Å². The fraction of sp³-hybridized carbons (Fsp3) is 0.286. The van der Waals surface area contributed by atoms with Gasteiger partial charge in [-0.1, -0.05) is 24.3 Å². The number of nitrogens with one attached hydrogen (secondary N) is 1. The molecule has 0 atom stereocenters. The molecular weight excluding hydrogens is 366 g/mol. The topological polar surface area (TPSA) is 90.5 Å². The first-order valence-corrected chi connectivity index (χ1v) is 9.70. The number of benzene rings is 2. The van der Waals surface area contributed by atoms with E-state index in [1.54, 1.807) is 10.7 Å². The van der Waals surface area contributed by atoms with Crippen LogP contribution in [0.2, 0.25) is 0 Å². The van der Waals surface area contributed by atoms with Crippen LogP contribution in [0.1, 0.15) is 36.7 Å². The number of fused-ring (bicyclic) bond motifs is 1. The van der Waals surface area contributed by atoms with Gasteiger partial charge in [-0.05, 0) is 55.0 Å². The molecule has 4 aromatic rings. The van der Waals surface area contributed by atoms with E-state index in [1.807, 2.05) is 56.6 Å². The summed E-state index contributed by atoms with van der Waals surface area (Å²) in [5.41, 5.74) is 3.50. The van der Waals surface area contributed by atoms with Crippen LogP contribution in [0.4, 0.5) is 0 Å². The van der Waals surface area contributed by atoms with Gasteiger partial charge in [-0.2, -0.15) is 0 Å². The van der Waals surface area contributed by atoms with Crippen molar-refractivity contribution in [3.8, 4) is 11.4 Å². The minimum atomic E-state index is -0.106. The molecule has 0 unspecified atom stereocenters. The van der Waals surface area contributed by atoms with Crippen molar-refractivity contribution in [1.82, 2.24) is 35.1 Å². The fourth-order valence-corrected chi connectivity index (χ4v) is 3.27. The van der Waals surface area contributed by atoms with Gasteiger partial charge < -0.3 is 9.88 Å². The molecule has 0 spiro atoms. The van der Waals surface area contributed by atoms with Crippen LogP contribution in [0.3, 0.4) is 0 Å². The van der Waals surface area contributed by atoms with Crippen molar-refractivity contribution >= 4 is 16.9 Å². The highest BCUT2D eigenvalue weighted by molar-refractivity contribution is 5.95. The number of amides is 1. The molecule has 2 aromatic heterocycles. The molecule has 2 aromatic carbocycles. The first kappa shape index (κ1) is 18.8. The summed E-state index contributed by atoms with van der Waals surface area (Å²) in [6.45, 7) is 5.41. The minimum Gasteiger partial charge on any atom is -0.352 e. The lowest BCUT2D eigenvalue weighted by Gasteiger charge is -2.10. The lowest BCUT2D eigenvalue weighted by atomic mass is 10.1. The summed E-state index contributed by atoms with van der Waals surface area (Å²) in [4.78, 5) is 17.0.